The van der Waals surface area contributed by atoms with Crippen molar-refractivity contribution in [3.8, 4) is 0 Å². The molecule has 0 bridgehead atoms. The highest BCUT2D eigenvalue weighted by molar-refractivity contribution is 6.41. The number of aryl methyl sites for hydroxylation is 1. The Balaban J connectivity index is 2.03. The maximum absolute atomic E-state index is 12.5. The molecular formula is C17H12Cl2N2O3. The van der Waals surface area contributed by atoms with Crippen LogP contribution in [0.15, 0.2) is 41.2 Å². The van der Waals surface area contributed by atoms with Crippen molar-refractivity contribution >= 4 is 40.1 Å². The number of carbonyl (C=O) groups excluding carboxylic acids is 1. The van der Waals surface area contributed by atoms with Gasteiger partial charge in [0.25, 0.3) is 5.56 Å². The third kappa shape index (κ3) is 3.13. The van der Waals surface area contributed by atoms with Crippen LogP contribution in [0.3, 0.4) is 0 Å². The Kier molecular flexibility index (Phi) is 4.55. The summed E-state index contributed by atoms with van der Waals surface area (Å²) in [6.45, 7) is 1.71. The number of esters is 1. The average Bonchev–Trinajstić information content (AvgIpc) is 2.56. The first-order chi connectivity index (χ1) is 11.5. The van der Waals surface area contributed by atoms with Gasteiger partial charge in [-0.15, -0.1) is 0 Å². The Bertz CT molecular complexity index is 985. The van der Waals surface area contributed by atoms with E-state index in [2.05, 4.69) is 9.97 Å². The van der Waals surface area contributed by atoms with Gasteiger partial charge in [-0.2, -0.15) is 0 Å². The van der Waals surface area contributed by atoms with Crippen LogP contribution in [0.1, 0.15) is 21.6 Å². The second-order valence-electron chi connectivity index (χ2n) is 5.17. The van der Waals surface area contributed by atoms with E-state index >= 15 is 0 Å². The number of benzene rings is 1. The molecule has 0 unspecified atom stereocenters. The van der Waals surface area contributed by atoms with Gasteiger partial charge >= 0.3 is 5.97 Å². The van der Waals surface area contributed by atoms with Crippen LogP contribution in [0.2, 0.25) is 10.2 Å². The van der Waals surface area contributed by atoms with E-state index in [0.717, 1.165) is 5.56 Å². The summed E-state index contributed by atoms with van der Waals surface area (Å²) in [6.07, 6.45) is 0. The van der Waals surface area contributed by atoms with Crippen molar-refractivity contribution in [1.29, 1.82) is 0 Å². The number of aromatic amines is 1. The van der Waals surface area contributed by atoms with Gasteiger partial charge in [0.15, 0.2) is 0 Å². The molecule has 0 atom stereocenters. The summed E-state index contributed by atoms with van der Waals surface area (Å²) in [5.74, 6) is -0.594. The fourth-order valence-corrected chi connectivity index (χ4v) is 2.64. The Morgan fingerprint density at radius 2 is 1.96 bits per heavy atom. The fourth-order valence-electron chi connectivity index (χ4n) is 2.35. The summed E-state index contributed by atoms with van der Waals surface area (Å²) in [5, 5.41) is 0.343. The van der Waals surface area contributed by atoms with Crippen molar-refractivity contribution in [2.45, 2.75) is 13.5 Å². The SMILES string of the molecule is Cc1[nH]c(=O)c2cc(Cl)c(Cl)nc2c1C(=O)OCc1ccccc1. The number of fused-ring (bicyclic) bond motifs is 1. The summed E-state index contributed by atoms with van der Waals surface area (Å²) in [7, 11) is 0. The van der Waals surface area contributed by atoms with Gasteiger partial charge < -0.3 is 9.72 Å². The molecule has 1 aromatic carbocycles. The zero-order valence-electron chi connectivity index (χ0n) is 12.6. The Labute approximate surface area is 147 Å². The summed E-state index contributed by atoms with van der Waals surface area (Å²) in [4.78, 5) is 31.3. The summed E-state index contributed by atoms with van der Waals surface area (Å²) < 4.78 is 5.34. The maximum Gasteiger partial charge on any atom is 0.342 e. The van der Waals surface area contributed by atoms with Crippen molar-refractivity contribution in [3.63, 3.8) is 0 Å². The molecule has 0 spiro atoms. The van der Waals surface area contributed by atoms with E-state index in [-0.39, 0.29) is 33.2 Å². The number of pyridine rings is 2. The van der Waals surface area contributed by atoms with Crippen LogP contribution in [0, 0.1) is 6.92 Å². The normalized spacial score (nSPS) is 10.8. The van der Waals surface area contributed by atoms with E-state index in [1.54, 1.807) is 6.92 Å². The van der Waals surface area contributed by atoms with E-state index in [0.29, 0.717) is 5.69 Å². The molecule has 0 aliphatic rings. The largest absolute Gasteiger partial charge is 0.457 e. The summed E-state index contributed by atoms with van der Waals surface area (Å²) in [6, 6.07) is 10.7. The fraction of sp³-hybridized carbons (Fsp3) is 0.118. The van der Waals surface area contributed by atoms with Gasteiger partial charge in [-0.3, -0.25) is 4.79 Å². The molecule has 3 aromatic rings. The molecule has 0 aliphatic carbocycles. The molecule has 7 heteroatoms. The standard InChI is InChI=1S/C17H12Cl2N2O3/c1-9-13(17(23)24-8-10-5-3-2-4-6-10)14-11(16(22)20-9)7-12(18)15(19)21-14/h2-7H,8H2,1H3,(H,20,22). The van der Waals surface area contributed by atoms with E-state index in [1.807, 2.05) is 30.3 Å². The second kappa shape index (κ2) is 6.63. The minimum Gasteiger partial charge on any atom is -0.457 e. The molecule has 0 fully saturated rings. The van der Waals surface area contributed by atoms with Gasteiger partial charge in [-0.25, -0.2) is 9.78 Å². The zero-order chi connectivity index (χ0) is 17.3. The van der Waals surface area contributed by atoms with Crippen LogP contribution < -0.4 is 5.56 Å². The van der Waals surface area contributed by atoms with E-state index in [9.17, 15) is 9.59 Å². The highest BCUT2D eigenvalue weighted by Gasteiger charge is 2.20. The number of hydrogen-bond donors (Lipinski definition) is 1. The number of H-pyrrole nitrogens is 1. The predicted molar refractivity (Wildman–Crippen MR) is 92.7 cm³/mol. The molecule has 0 aliphatic heterocycles. The molecular weight excluding hydrogens is 351 g/mol. The quantitative estimate of drug-likeness (QED) is 0.566. The molecule has 1 N–H and O–H groups in total. The number of aromatic nitrogens is 2. The Hall–Kier alpha value is -2.37. The molecule has 0 saturated carbocycles. The molecule has 0 radical (unpaired) electrons. The lowest BCUT2D eigenvalue weighted by Crippen LogP contribution is -2.17. The van der Waals surface area contributed by atoms with Gasteiger partial charge in [-0.05, 0) is 18.6 Å². The average molecular weight is 363 g/mol. The van der Waals surface area contributed by atoms with Crippen LogP contribution in [0.4, 0.5) is 0 Å². The van der Waals surface area contributed by atoms with Crippen LogP contribution in [0.25, 0.3) is 10.9 Å². The highest BCUT2D eigenvalue weighted by atomic mass is 35.5. The lowest BCUT2D eigenvalue weighted by molar-refractivity contribution is 0.0473. The predicted octanol–water partition coefficient (Wildman–Crippen LogP) is 3.90. The van der Waals surface area contributed by atoms with Crippen molar-refractivity contribution < 1.29 is 9.53 Å². The van der Waals surface area contributed by atoms with E-state index in [4.69, 9.17) is 27.9 Å². The van der Waals surface area contributed by atoms with Gasteiger partial charge in [0, 0.05) is 5.69 Å². The summed E-state index contributed by atoms with van der Waals surface area (Å²) in [5.41, 5.74) is 1.15. The number of rotatable bonds is 3. The topological polar surface area (TPSA) is 72.0 Å². The third-order valence-corrected chi connectivity index (χ3v) is 4.18. The minimum atomic E-state index is -0.594. The number of nitrogens with zero attached hydrogens (tertiary/aromatic N) is 1. The van der Waals surface area contributed by atoms with Crippen molar-refractivity contribution in [2.24, 2.45) is 0 Å². The summed E-state index contributed by atoms with van der Waals surface area (Å²) >= 11 is 11.8. The molecule has 5 nitrogen and oxygen atoms in total. The van der Waals surface area contributed by atoms with E-state index in [1.165, 1.54) is 6.07 Å². The molecule has 24 heavy (non-hydrogen) atoms. The first kappa shape index (κ1) is 16.5. The van der Waals surface area contributed by atoms with Crippen LogP contribution in [-0.2, 0) is 11.3 Å². The molecule has 2 heterocycles. The monoisotopic (exact) mass is 362 g/mol. The number of halogens is 2. The second-order valence-corrected chi connectivity index (χ2v) is 5.94. The third-order valence-electron chi connectivity index (χ3n) is 3.51. The number of hydrogen-bond acceptors (Lipinski definition) is 4. The van der Waals surface area contributed by atoms with Crippen molar-refractivity contribution in [1.82, 2.24) is 9.97 Å². The van der Waals surface area contributed by atoms with Crippen molar-refractivity contribution in [2.75, 3.05) is 0 Å². The first-order valence-corrected chi connectivity index (χ1v) is 7.82. The Morgan fingerprint density at radius 1 is 1.25 bits per heavy atom. The number of carbonyl (C=O) groups is 1. The molecule has 3 rings (SSSR count). The van der Waals surface area contributed by atoms with Gasteiger partial charge in [0.1, 0.15) is 17.3 Å². The molecule has 0 saturated heterocycles. The highest BCUT2D eigenvalue weighted by Crippen LogP contribution is 2.26. The molecule has 0 amide bonds. The molecule has 122 valence electrons. The van der Waals surface area contributed by atoms with Crippen LogP contribution in [0.5, 0.6) is 0 Å². The number of nitrogens with one attached hydrogen (secondary N) is 1. The smallest absolute Gasteiger partial charge is 0.342 e. The Morgan fingerprint density at radius 3 is 2.67 bits per heavy atom. The number of ether oxygens (including phenoxy) is 1. The molecule has 2 aromatic heterocycles. The van der Waals surface area contributed by atoms with Gasteiger partial charge in [0.05, 0.1) is 15.9 Å². The zero-order valence-corrected chi connectivity index (χ0v) is 14.1. The lowest BCUT2D eigenvalue weighted by Gasteiger charge is -2.10. The van der Waals surface area contributed by atoms with Crippen LogP contribution >= 0.6 is 23.2 Å². The first-order valence-electron chi connectivity index (χ1n) is 7.07. The van der Waals surface area contributed by atoms with E-state index < -0.39 is 11.5 Å². The maximum atomic E-state index is 12.5. The lowest BCUT2D eigenvalue weighted by atomic mass is 10.1. The minimum absolute atomic E-state index is 0.0197. The van der Waals surface area contributed by atoms with Crippen molar-refractivity contribution in [3.05, 3.63) is 73.7 Å². The van der Waals surface area contributed by atoms with Crippen LogP contribution in [-0.4, -0.2) is 15.9 Å². The van der Waals surface area contributed by atoms with Gasteiger partial charge in [0.2, 0.25) is 0 Å². The van der Waals surface area contributed by atoms with Gasteiger partial charge in [-0.1, -0.05) is 53.5 Å².